The van der Waals surface area contributed by atoms with Gasteiger partial charge in [0.1, 0.15) is 11.8 Å². The number of hydrogen-bond acceptors (Lipinski definition) is 6. The molecule has 0 aliphatic heterocycles. The molecule has 0 aromatic heterocycles. The number of carbonyl (C=O) groups excluding carboxylic acids is 1. The third-order valence-electron chi connectivity index (χ3n) is 5.54. The SMILES string of the molecule is COC(=O)[C@H](NS(=O)(=O)c1ccc(-c2ccc(OC)cc2)cc1)C1CCC(O)CC1. The highest BCUT2D eigenvalue weighted by atomic mass is 32.2. The molecule has 3 rings (SSSR count). The summed E-state index contributed by atoms with van der Waals surface area (Å²) in [6.45, 7) is 0. The maximum Gasteiger partial charge on any atom is 0.324 e. The minimum atomic E-state index is -3.92. The number of aliphatic hydroxyl groups excluding tert-OH is 1. The van der Waals surface area contributed by atoms with Crippen LogP contribution in [0.5, 0.6) is 5.75 Å². The van der Waals surface area contributed by atoms with E-state index in [2.05, 4.69) is 4.72 Å². The quantitative estimate of drug-likeness (QED) is 0.651. The minimum Gasteiger partial charge on any atom is -0.497 e. The van der Waals surface area contributed by atoms with Crippen LogP contribution in [0.4, 0.5) is 0 Å². The molecule has 8 heteroatoms. The van der Waals surface area contributed by atoms with Gasteiger partial charge in [0.25, 0.3) is 0 Å². The monoisotopic (exact) mass is 433 g/mol. The molecule has 1 fully saturated rings. The van der Waals surface area contributed by atoms with Gasteiger partial charge in [-0.05, 0) is 67.0 Å². The molecule has 2 N–H and O–H groups in total. The number of hydrogen-bond donors (Lipinski definition) is 2. The number of esters is 1. The number of ether oxygens (including phenoxy) is 2. The van der Waals surface area contributed by atoms with Crippen LogP contribution in [0.1, 0.15) is 25.7 Å². The third kappa shape index (κ3) is 5.19. The highest BCUT2D eigenvalue weighted by Gasteiger charge is 2.35. The van der Waals surface area contributed by atoms with E-state index in [1.807, 2.05) is 24.3 Å². The van der Waals surface area contributed by atoms with Crippen LogP contribution in [-0.4, -0.2) is 45.9 Å². The van der Waals surface area contributed by atoms with E-state index in [1.165, 1.54) is 19.2 Å². The van der Waals surface area contributed by atoms with Crippen LogP contribution in [0.15, 0.2) is 53.4 Å². The summed E-state index contributed by atoms with van der Waals surface area (Å²) in [4.78, 5) is 12.3. The van der Waals surface area contributed by atoms with Gasteiger partial charge in [0.15, 0.2) is 0 Å². The van der Waals surface area contributed by atoms with Gasteiger partial charge >= 0.3 is 5.97 Å². The zero-order valence-electron chi connectivity index (χ0n) is 17.1. The molecule has 1 saturated carbocycles. The van der Waals surface area contributed by atoms with Crippen LogP contribution >= 0.6 is 0 Å². The molecule has 0 spiro atoms. The molecule has 7 nitrogen and oxygen atoms in total. The van der Waals surface area contributed by atoms with Gasteiger partial charge in [-0.2, -0.15) is 4.72 Å². The fourth-order valence-corrected chi connectivity index (χ4v) is 5.00. The summed E-state index contributed by atoms with van der Waals surface area (Å²) in [5.41, 5.74) is 1.79. The minimum absolute atomic E-state index is 0.0736. The molecule has 0 amide bonds. The first-order valence-corrected chi connectivity index (χ1v) is 11.3. The van der Waals surface area contributed by atoms with Crippen molar-refractivity contribution in [3.63, 3.8) is 0 Å². The van der Waals surface area contributed by atoms with Gasteiger partial charge in [-0.25, -0.2) is 8.42 Å². The lowest BCUT2D eigenvalue weighted by atomic mass is 9.83. The maximum atomic E-state index is 12.9. The number of sulfonamides is 1. The summed E-state index contributed by atoms with van der Waals surface area (Å²) in [5, 5.41) is 9.70. The molecule has 0 heterocycles. The Labute approximate surface area is 177 Å². The van der Waals surface area contributed by atoms with E-state index in [4.69, 9.17) is 9.47 Å². The summed E-state index contributed by atoms with van der Waals surface area (Å²) >= 11 is 0. The molecule has 162 valence electrons. The molecule has 0 saturated heterocycles. The standard InChI is InChI=1S/C22H27NO6S/c1-28-19-11-5-15(6-12-19)16-7-13-20(14-8-16)30(26,27)23-21(22(25)29-2)17-3-9-18(24)10-4-17/h5-8,11-14,17-18,21,23-24H,3-4,9-10H2,1-2H3/t17?,18?,21-/m1/s1. The fourth-order valence-electron chi connectivity index (χ4n) is 3.74. The van der Waals surface area contributed by atoms with Crippen LogP contribution in [-0.2, 0) is 19.6 Å². The summed E-state index contributed by atoms with van der Waals surface area (Å²) in [6.07, 6.45) is 1.79. The predicted molar refractivity (Wildman–Crippen MR) is 113 cm³/mol. The first kappa shape index (κ1) is 22.3. The van der Waals surface area contributed by atoms with Gasteiger partial charge < -0.3 is 14.6 Å². The second kappa shape index (κ2) is 9.59. The highest BCUT2D eigenvalue weighted by molar-refractivity contribution is 7.89. The van der Waals surface area contributed by atoms with Crippen molar-refractivity contribution < 1.29 is 27.8 Å². The number of methoxy groups -OCH3 is 2. The molecular weight excluding hydrogens is 406 g/mol. The van der Waals surface area contributed by atoms with E-state index < -0.39 is 28.1 Å². The van der Waals surface area contributed by atoms with Crippen molar-refractivity contribution in [1.82, 2.24) is 4.72 Å². The van der Waals surface area contributed by atoms with Crippen molar-refractivity contribution in [3.05, 3.63) is 48.5 Å². The van der Waals surface area contributed by atoms with Crippen molar-refractivity contribution in [1.29, 1.82) is 0 Å². The summed E-state index contributed by atoms with van der Waals surface area (Å²) in [7, 11) is -1.08. The van der Waals surface area contributed by atoms with Crippen LogP contribution in [0, 0.1) is 5.92 Å². The fraction of sp³-hybridized carbons (Fsp3) is 0.409. The first-order valence-electron chi connectivity index (χ1n) is 9.87. The Balaban J connectivity index is 1.78. The van der Waals surface area contributed by atoms with Crippen molar-refractivity contribution in [2.75, 3.05) is 14.2 Å². The summed E-state index contributed by atoms with van der Waals surface area (Å²) < 4.78 is 38.3. The summed E-state index contributed by atoms with van der Waals surface area (Å²) in [5.74, 6) is -0.0877. The second-order valence-corrected chi connectivity index (χ2v) is 9.16. The van der Waals surface area contributed by atoms with E-state index in [1.54, 1.807) is 19.2 Å². The molecule has 30 heavy (non-hydrogen) atoms. The number of benzene rings is 2. The molecule has 2 aromatic rings. The van der Waals surface area contributed by atoms with Gasteiger partial charge in [-0.1, -0.05) is 24.3 Å². The maximum absolute atomic E-state index is 12.9. The average Bonchev–Trinajstić information content (AvgIpc) is 2.78. The lowest BCUT2D eigenvalue weighted by Gasteiger charge is -2.30. The first-order chi connectivity index (χ1) is 14.3. The lowest BCUT2D eigenvalue weighted by molar-refractivity contribution is -0.144. The number of aliphatic hydroxyl groups is 1. The molecule has 0 unspecified atom stereocenters. The Kier molecular flexibility index (Phi) is 7.12. The number of nitrogens with one attached hydrogen (secondary N) is 1. The second-order valence-electron chi connectivity index (χ2n) is 7.44. The largest absolute Gasteiger partial charge is 0.497 e. The zero-order chi connectivity index (χ0) is 21.7. The van der Waals surface area contributed by atoms with Gasteiger partial charge in [0.2, 0.25) is 10.0 Å². The predicted octanol–water partition coefficient (Wildman–Crippen LogP) is 2.73. The molecule has 1 aliphatic carbocycles. The Morgan fingerprint density at radius 1 is 0.967 bits per heavy atom. The topological polar surface area (TPSA) is 102 Å². The lowest BCUT2D eigenvalue weighted by Crippen LogP contribution is -2.47. The number of rotatable bonds is 7. The number of carbonyl (C=O) groups is 1. The van der Waals surface area contributed by atoms with Crippen molar-refractivity contribution >= 4 is 16.0 Å². The van der Waals surface area contributed by atoms with E-state index in [9.17, 15) is 18.3 Å². The molecule has 1 aliphatic rings. The Bertz CT molecular complexity index is 948. The van der Waals surface area contributed by atoms with Crippen molar-refractivity contribution in [2.24, 2.45) is 5.92 Å². The van der Waals surface area contributed by atoms with E-state index >= 15 is 0 Å². The van der Waals surface area contributed by atoms with Crippen LogP contribution in [0.3, 0.4) is 0 Å². The Hall–Kier alpha value is -2.42. The van der Waals surface area contributed by atoms with Gasteiger partial charge in [-0.15, -0.1) is 0 Å². The Morgan fingerprint density at radius 3 is 2.00 bits per heavy atom. The van der Waals surface area contributed by atoms with Gasteiger partial charge in [0.05, 0.1) is 25.2 Å². The van der Waals surface area contributed by atoms with Gasteiger partial charge in [0, 0.05) is 0 Å². The average molecular weight is 434 g/mol. The van der Waals surface area contributed by atoms with Gasteiger partial charge in [-0.3, -0.25) is 4.79 Å². The molecule has 2 aromatic carbocycles. The van der Waals surface area contributed by atoms with Crippen molar-refractivity contribution in [2.45, 2.75) is 42.7 Å². The molecular formula is C22H27NO6S. The molecule has 0 radical (unpaired) electrons. The van der Waals surface area contributed by atoms with E-state index in [-0.39, 0.29) is 10.8 Å². The highest BCUT2D eigenvalue weighted by Crippen LogP contribution is 2.29. The smallest absolute Gasteiger partial charge is 0.324 e. The van der Waals surface area contributed by atoms with Crippen LogP contribution < -0.4 is 9.46 Å². The van der Waals surface area contributed by atoms with E-state index in [0.29, 0.717) is 25.7 Å². The van der Waals surface area contributed by atoms with Crippen LogP contribution in [0.25, 0.3) is 11.1 Å². The normalized spacial score (nSPS) is 20.4. The van der Waals surface area contributed by atoms with Crippen LogP contribution in [0.2, 0.25) is 0 Å². The summed E-state index contributed by atoms with van der Waals surface area (Å²) in [6, 6.07) is 13.0. The van der Waals surface area contributed by atoms with E-state index in [0.717, 1.165) is 16.9 Å². The molecule has 0 bridgehead atoms. The Morgan fingerprint density at radius 2 is 1.50 bits per heavy atom. The third-order valence-corrected chi connectivity index (χ3v) is 6.99. The molecule has 1 atom stereocenters. The van der Waals surface area contributed by atoms with Crippen molar-refractivity contribution in [3.8, 4) is 16.9 Å². The zero-order valence-corrected chi connectivity index (χ0v) is 17.9.